The molecule has 16 nitrogen and oxygen atoms in total. The second-order valence-corrected chi connectivity index (χ2v) is 36.6. The number of amides is 3. The summed E-state index contributed by atoms with van der Waals surface area (Å²) in [6.45, 7) is 5.46. The van der Waals surface area contributed by atoms with Gasteiger partial charge in [-0.3, -0.25) is 14.4 Å². The van der Waals surface area contributed by atoms with Crippen molar-refractivity contribution < 1.29 is 83.9 Å². The number of carbonyl (C=O) groups excluding carboxylic acids is 3. The summed E-state index contributed by atoms with van der Waals surface area (Å²) in [6.07, 6.45) is 13.6. The lowest BCUT2D eigenvalue weighted by molar-refractivity contribution is -0.137. The zero-order valence-electron chi connectivity index (χ0n) is 54.8. The maximum absolute atomic E-state index is 14.0. The van der Waals surface area contributed by atoms with Gasteiger partial charge in [-0.05, 0) is 195 Å². The summed E-state index contributed by atoms with van der Waals surface area (Å²) in [5, 5.41) is -0.299. The molecule has 7 aliphatic heterocycles. The first kappa shape index (κ1) is 75.3. The minimum Gasteiger partial charge on any atom is -0.377 e. The van der Waals surface area contributed by atoms with Crippen molar-refractivity contribution in [2.75, 3.05) is 29.6 Å². The molecular formula is C68H93F9N6O10S3. The third-order valence-corrected chi connectivity index (χ3v) is 28.2. The van der Waals surface area contributed by atoms with Crippen molar-refractivity contribution in [1.29, 1.82) is 0 Å². The molecule has 0 spiro atoms. The predicted octanol–water partition coefficient (Wildman–Crippen LogP) is 9.56. The number of hydrogen-bond acceptors (Lipinski definition) is 13. The Labute approximate surface area is 558 Å². The maximum Gasteiger partial charge on any atom is 0.224 e. The molecule has 6 N–H and O–H groups in total. The summed E-state index contributed by atoms with van der Waals surface area (Å²) < 4.78 is 201. The maximum atomic E-state index is 14.0. The number of rotatable bonds is 21. The first-order chi connectivity index (χ1) is 45.1. The Morgan fingerprint density at radius 2 is 0.760 bits per heavy atom. The molecule has 3 amide bonds. The number of nitrogens with two attached hydrogens (primary N) is 3. The zero-order valence-corrected chi connectivity index (χ0v) is 57.3. The van der Waals surface area contributed by atoms with Crippen molar-refractivity contribution >= 4 is 47.2 Å². The van der Waals surface area contributed by atoms with Crippen LogP contribution in [0.4, 0.5) is 39.5 Å². The second kappa shape index (κ2) is 31.3. The molecule has 3 aromatic carbocycles. The molecule has 3 aromatic rings. The molecule has 1 aliphatic carbocycles. The highest BCUT2D eigenvalue weighted by Crippen LogP contribution is 2.44. The number of sulfone groups is 3. The van der Waals surface area contributed by atoms with E-state index in [1.807, 2.05) is 14.7 Å². The third-order valence-electron chi connectivity index (χ3n) is 21.6. The molecule has 536 valence electrons. The van der Waals surface area contributed by atoms with E-state index >= 15 is 0 Å². The highest BCUT2D eigenvalue weighted by molar-refractivity contribution is 7.92. The van der Waals surface area contributed by atoms with E-state index in [9.17, 15) is 79.2 Å². The highest BCUT2D eigenvalue weighted by atomic mass is 32.2. The molecule has 13 atom stereocenters. The number of hydrogen-bond donors (Lipinski definition) is 3. The number of piperidine rings is 3. The minimum atomic E-state index is -3.38. The first-order valence-electron chi connectivity index (χ1n) is 33.9. The fourth-order valence-corrected chi connectivity index (χ4v) is 20.7. The molecule has 7 heterocycles. The lowest BCUT2D eigenvalue weighted by Gasteiger charge is -2.41. The Bertz CT molecular complexity index is 3590. The monoisotopic (exact) mass is 1420 g/mol. The van der Waals surface area contributed by atoms with E-state index in [1.54, 1.807) is 20.8 Å². The van der Waals surface area contributed by atoms with Crippen LogP contribution in [0, 0.1) is 70.1 Å². The Morgan fingerprint density at radius 3 is 1.07 bits per heavy atom. The topological polar surface area (TPSA) is 251 Å². The molecule has 4 unspecified atom stereocenters. The van der Waals surface area contributed by atoms with E-state index < -0.39 is 105 Å². The molecule has 8 fully saturated rings. The zero-order chi connectivity index (χ0) is 69.9. The van der Waals surface area contributed by atoms with E-state index in [0.29, 0.717) is 76.2 Å². The van der Waals surface area contributed by atoms with Crippen LogP contribution in [0.2, 0.25) is 0 Å². The van der Waals surface area contributed by atoms with E-state index in [0.717, 1.165) is 82.4 Å². The number of nitrogens with zero attached hydrogens (tertiary/aromatic N) is 3. The molecule has 96 heavy (non-hydrogen) atoms. The van der Waals surface area contributed by atoms with Gasteiger partial charge in [0.05, 0.1) is 39.1 Å². The largest absolute Gasteiger partial charge is 0.377 e. The Balaban J connectivity index is 0.000000169. The van der Waals surface area contributed by atoms with Gasteiger partial charge in [0, 0.05) is 98.4 Å². The summed E-state index contributed by atoms with van der Waals surface area (Å²) in [7, 11) is -9.98. The van der Waals surface area contributed by atoms with Gasteiger partial charge in [-0.15, -0.1) is 0 Å². The molecule has 28 heteroatoms. The normalized spacial score (nSPS) is 26.8. The van der Waals surface area contributed by atoms with Crippen LogP contribution in [-0.2, 0) is 67.9 Å². The summed E-state index contributed by atoms with van der Waals surface area (Å²) in [4.78, 5) is 44.1. The van der Waals surface area contributed by atoms with Crippen LogP contribution in [0.1, 0.15) is 172 Å². The van der Waals surface area contributed by atoms with Gasteiger partial charge in [0.1, 0.15) is 17.5 Å². The molecule has 0 radical (unpaired) electrons. The first-order valence-corrected chi connectivity index (χ1v) is 39.1. The highest BCUT2D eigenvalue weighted by Gasteiger charge is 2.48. The van der Waals surface area contributed by atoms with Crippen LogP contribution in [0.5, 0.6) is 0 Å². The standard InChI is InChI=1S/C23H31F3N2O4S.C23H31F3N2O3S.C22H31F3N2O3S/c24-19-12-21(26)20(25)10-14(19)11-22(27)15-8-16-3-4-17(9-15)28(16)23(29)5-7-33(30,31)13-18-2-1-6-32-18;24-19-13-21(26)20(25)11-14(19)12-22(27)15-9-16-5-6-17(10-15)28(16)23(29)7-8-32(30,31)18-3-1-2-4-18;1-22(2,3)31(29,30)7-6-21(28)27-15-4-5-16(27)9-14(8-15)20(26)11-13-10-18(24)19(25)12-17(13)23/h10,12,15-18,22H,1-9,11,13,27H2;11,13,15-18,22H,1-10,12,27H2;10,12,14-16,20H,4-9,11,26H2,1-3H3/t15?,16-,17+,18?,22-;15?,16-,17+,22-;14?,15-,16+,20-/m111/s1. The smallest absolute Gasteiger partial charge is 0.224 e. The van der Waals surface area contributed by atoms with Crippen LogP contribution in [0.25, 0.3) is 0 Å². The number of benzene rings is 3. The fraction of sp³-hybridized carbons (Fsp3) is 0.691. The van der Waals surface area contributed by atoms with Crippen LogP contribution in [0.15, 0.2) is 36.4 Å². The van der Waals surface area contributed by atoms with Gasteiger partial charge in [-0.25, -0.2) is 64.8 Å². The van der Waals surface area contributed by atoms with Crippen molar-refractivity contribution in [2.45, 2.75) is 245 Å². The van der Waals surface area contributed by atoms with E-state index in [4.69, 9.17) is 21.9 Å². The molecule has 1 saturated carbocycles. The van der Waals surface area contributed by atoms with Gasteiger partial charge in [-0.2, -0.15) is 0 Å². The van der Waals surface area contributed by atoms with Gasteiger partial charge in [0.2, 0.25) is 17.7 Å². The molecule has 6 bridgehead atoms. The Hall–Kier alpha value is -4.87. The summed E-state index contributed by atoms with van der Waals surface area (Å²) >= 11 is 0. The van der Waals surface area contributed by atoms with Crippen LogP contribution in [0.3, 0.4) is 0 Å². The SMILES string of the molecule is CC(C)(C)S(=O)(=O)CCC(=O)N1[C@@H]2CC[C@H]1CC([C@H](N)Cc1cc(F)c(F)cc1F)C2.N[C@H](Cc1cc(F)c(F)cc1F)C1C[C@H]2CC[C@@H](C1)N2C(=O)CCS(=O)(=O)C1CCCC1.N[C@H](Cc1cc(F)c(F)cc1F)C1C[C@H]2CC[C@@H](C1)N2C(=O)CCS(=O)(=O)CC1CCCO1. The Kier molecular flexibility index (Phi) is 24.6. The minimum absolute atomic E-state index is 0.00119. The van der Waals surface area contributed by atoms with Gasteiger partial charge < -0.3 is 36.6 Å². The predicted molar refractivity (Wildman–Crippen MR) is 344 cm³/mol. The second-order valence-electron chi connectivity index (χ2n) is 29.1. The van der Waals surface area contributed by atoms with Crippen molar-refractivity contribution in [1.82, 2.24) is 14.7 Å². The van der Waals surface area contributed by atoms with Gasteiger partial charge in [0.15, 0.2) is 64.4 Å². The van der Waals surface area contributed by atoms with Gasteiger partial charge in [0.25, 0.3) is 0 Å². The van der Waals surface area contributed by atoms with Crippen molar-refractivity contribution in [3.05, 3.63) is 105 Å². The van der Waals surface area contributed by atoms with Crippen LogP contribution >= 0.6 is 0 Å². The number of fused-ring (bicyclic) bond motifs is 6. The quantitative estimate of drug-likeness (QED) is 0.0665. The fourth-order valence-electron chi connectivity index (χ4n) is 16.3. The lowest BCUT2D eigenvalue weighted by atomic mass is 9.82. The van der Waals surface area contributed by atoms with E-state index in [-0.39, 0.29) is 161 Å². The van der Waals surface area contributed by atoms with Crippen molar-refractivity contribution in [2.24, 2.45) is 35.0 Å². The molecular weight excluding hydrogens is 1330 g/mol. The van der Waals surface area contributed by atoms with Gasteiger partial charge in [-0.1, -0.05) is 12.8 Å². The van der Waals surface area contributed by atoms with Crippen LogP contribution < -0.4 is 17.2 Å². The lowest BCUT2D eigenvalue weighted by Crippen LogP contribution is -2.50. The van der Waals surface area contributed by atoms with E-state index in [1.165, 1.54) is 0 Å². The number of halogens is 9. The summed E-state index contributed by atoms with van der Waals surface area (Å²) in [6, 6.07) is 2.78. The average Bonchev–Trinajstić information content (AvgIpc) is 1.60. The van der Waals surface area contributed by atoms with E-state index in [2.05, 4.69) is 0 Å². The average molecular weight is 1420 g/mol. The van der Waals surface area contributed by atoms with Crippen LogP contribution in [-0.4, -0.2) is 158 Å². The third kappa shape index (κ3) is 18.4. The number of ether oxygens (including phenoxy) is 1. The molecule has 11 rings (SSSR count). The number of carbonyl (C=O) groups is 3. The van der Waals surface area contributed by atoms with Crippen molar-refractivity contribution in [3.8, 4) is 0 Å². The summed E-state index contributed by atoms with van der Waals surface area (Å²) in [5.41, 5.74) is 19.1. The molecule has 7 saturated heterocycles. The van der Waals surface area contributed by atoms with Crippen molar-refractivity contribution in [3.63, 3.8) is 0 Å². The molecule has 8 aliphatic rings. The molecule has 0 aromatic heterocycles. The summed E-state index contributed by atoms with van der Waals surface area (Å²) in [5.74, 6) is -10.3. The van der Waals surface area contributed by atoms with Gasteiger partial charge >= 0.3 is 0 Å². The Morgan fingerprint density at radius 1 is 0.448 bits per heavy atom.